The van der Waals surface area contributed by atoms with Crippen molar-refractivity contribution < 1.29 is 9.53 Å². The van der Waals surface area contributed by atoms with Crippen molar-refractivity contribution >= 4 is 52.2 Å². The zero-order valence-corrected chi connectivity index (χ0v) is 9.16. The Labute approximate surface area is 94.7 Å². The molecule has 0 spiro atoms. The molecule has 0 radical (unpaired) electrons. The number of alkyl halides is 4. The van der Waals surface area contributed by atoms with Gasteiger partial charge in [-0.05, 0) is 0 Å². The van der Waals surface area contributed by atoms with Crippen LogP contribution in [0.1, 0.15) is 0 Å². The van der Waals surface area contributed by atoms with Crippen LogP contribution in [-0.2, 0) is 9.53 Å². The Hall–Kier alpha value is 0.530. The lowest BCUT2D eigenvalue weighted by molar-refractivity contribution is -0.131. The molecule has 2 nitrogen and oxygen atoms in total. The van der Waals surface area contributed by atoms with Gasteiger partial charge in [0.25, 0.3) is 0 Å². The number of carbonyl (C=O) groups is 1. The molecule has 72 valence electrons. The van der Waals surface area contributed by atoms with Gasteiger partial charge in [-0.3, -0.25) is 4.79 Å². The van der Waals surface area contributed by atoms with Crippen molar-refractivity contribution in [2.75, 3.05) is 0 Å². The second kappa shape index (κ2) is 2.77. The van der Waals surface area contributed by atoms with Gasteiger partial charge >= 0.3 is 0 Å². The molecule has 0 N–H and O–H groups in total. The first-order valence-corrected chi connectivity index (χ1v) is 5.02. The van der Waals surface area contributed by atoms with Gasteiger partial charge in [-0.25, -0.2) is 0 Å². The van der Waals surface area contributed by atoms with E-state index in [0.29, 0.717) is 0 Å². The molecule has 1 saturated heterocycles. The van der Waals surface area contributed by atoms with Crippen molar-refractivity contribution in [3.8, 4) is 0 Å². The smallest absolute Gasteiger partial charge is 0.210 e. The van der Waals surface area contributed by atoms with Crippen LogP contribution in [0.3, 0.4) is 0 Å². The SMILES string of the molecule is O=C1C(Cl)(Cl)[C@@H]2C=C[C@@H](O2)C1(Cl)Cl. The van der Waals surface area contributed by atoms with E-state index in [1.807, 2.05) is 0 Å². The molecule has 2 aliphatic rings. The van der Waals surface area contributed by atoms with Crippen LogP contribution in [0.2, 0.25) is 0 Å². The molecule has 0 aromatic carbocycles. The Kier molecular flexibility index (Phi) is 2.14. The maximum atomic E-state index is 11.6. The van der Waals surface area contributed by atoms with Gasteiger partial charge in [0.1, 0.15) is 12.2 Å². The van der Waals surface area contributed by atoms with E-state index >= 15 is 0 Å². The van der Waals surface area contributed by atoms with Crippen molar-refractivity contribution in [3.63, 3.8) is 0 Å². The Bertz CT molecular complexity index is 271. The average Bonchev–Trinajstić information content (AvgIpc) is 2.48. The average molecular weight is 262 g/mol. The molecule has 2 bridgehead atoms. The molecule has 0 amide bonds. The summed E-state index contributed by atoms with van der Waals surface area (Å²) in [5.74, 6) is -0.627. The summed E-state index contributed by atoms with van der Waals surface area (Å²) in [7, 11) is 0. The molecule has 1 fully saturated rings. The molecule has 0 aromatic heterocycles. The largest absolute Gasteiger partial charge is 0.360 e. The summed E-state index contributed by atoms with van der Waals surface area (Å²) in [5, 5.41) is 0. The monoisotopic (exact) mass is 260 g/mol. The van der Waals surface area contributed by atoms with E-state index in [2.05, 4.69) is 0 Å². The molecule has 0 aliphatic carbocycles. The minimum Gasteiger partial charge on any atom is -0.360 e. The minimum atomic E-state index is -1.69. The van der Waals surface area contributed by atoms with Crippen LogP contribution in [0.15, 0.2) is 12.2 Å². The maximum Gasteiger partial charge on any atom is 0.210 e. The van der Waals surface area contributed by atoms with Crippen molar-refractivity contribution in [2.24, 2.45) is 0 Å². The first kappa shape index (κ1) is 10.1. The maximum absolute atomic E-state index is 11.6. The fourth-order valence-electron chi connectivity index (χ4n) is 1.34. The lowest BCUT2D eigenvalue weighted by atomic mass is 10.1. The summed E-state index contributed by atoms with van der Waals surface area (Å²) < 4.78 is 1.86. The molecule has 0 unspecified atom stereocenters. The molecule has 2 atom stereocenters. The molecule has 2 rings (SSSR count). The highest BCUT2D eigenvalue weighted by Gasteiger charge is 2.62. The van der Waals surface area contributed by atoms with Crippen LogP contribution in [0, 0.1) is 0 Å². The van der Waals surface area contributed by atoms with Crippen LogP contribution in [0.25, 0.3) is 0 Å². The highest BCUT2D eigenvalue weighted by atomic mass is 35.5. The van der Waals surface area contributed by atoms with Gasteiger partial charge in [0.2, 0.25) is 14.4 Å². The van der Waals surface area contributed by atoms with Crippen LogP contribution in [0.5, 0.6) is 0 Å². The van der Waals surface area contributed by atoms with E-state index in [1.54, 1.807) is 12.2 Å². The number of fused-ring (bicyclic) bond motifs is 2. The first-order valence-electron chi connectivity index (χ1n) is 3.51. The summed E-state index contributed by atoms with van der Waals surface area (Å²) in [6.07, 6.45) is 1.88. The fraction of sp³-hybridized carbons (Fsp3) is 0.571. The van der Waals surface area contributed by atoms with Gasteiger partial charge in [0.05, 0.1) is 0 Å². The molecule has 2 aliphatic heterocycles. The van der Waals surface area contributed by atoms with Crippen molar-refractivity contribution in [2.45, 2.75) is 20.9 Å². The molecule has 6 heteroatoms. The zero-order valence-electron chi connectivity index (χ0n) is 6.14. The van der Waals surface area contributed by atoms with Crippen LogP contribution >= 0.6 is 46.4 Å². The third kappa shape index (κ3) is 1.24. The first-order chi connectivity index (χ1) is 5.87. The topological polar surface area (TPSA) is 26.3 Å². The van der Waals surface area contributed by atoms with Gasteiger partial charge in [0, 0.05) is 0 Å². The Morgan fingerprint density at radius 3 is 1.85 bits per heavy atom. The molecule has 0 aromatic rings. The number of rotatable bonds is 0. The van der Waals surface area contributed by atoms with Crippen molar-refractivity contribution in [3.05, 3.63) is 12.2 Å². The van der Waals surface area contributed by atoms with Crippen molar-refractivity contribution in [1.82, 2.24) is 0 Å². The van der Waals surface area contributed by atoms with Gasteiger partial charge in [-0.2, -0.15) is 0 Å². The predicted octanol–water partition coefficient (Wildman–Crippen LogP) is 2.24. The highest BCUT2D eigenvalue weighted by Crippen LogP contribution is 2.49. The third-order valence-corrected chi connectivity index (χ3v) is 3.62. The molecule has 0 saturated carbocycles. The van der Waals surface area contributed by atoms with Gasteiger partial charge in [0.15, 0.2) is 0 Å². The molecule has 13 heavy (non-hydrogen) atoms. The normalized spacial score (nSPS) is 39.5. The fourth-order valence-corrected chi connectivity index (χ4v) is 2.63. The standard InChI is InChI=1S/C7H4Cl4O2/c8-6(9)3-1-2-4(13-3)7(10,11)5(6)12/h1-4H/t3-,4+. The summed E-state index contributed by atoms with van der Waals surface area (Å²) in [5.41, 5.74) is 0. The zero-order chi connectivity index (χ0) is 9.85. The van der Waals surface area contributed by atoms with E-state index in [0.717, 1.165) is 0 Å². The third-order valence-electron chi connectivity index (χ3n) is 2.07. The van der Waals surface area contributed by atoms with Crippen molar-refractivity contribution in [1.29, 1.82) is 0 Å². The summed E-state index contributed by atoms with van der Waals surface area (Å²) in [4.78, 5) is 11.6. The van der Waals surface area contributed by atoms with Gasteiger partial charge in [-0.15, -0.1) is 0 Å². The number of halogens is 4. The molecular weight excluding hydrogens is 258 g/mol. The molecular formula is C7H4Cl4O2. The lowest BCUT2D eigenvalue weighted by Crippen LogP contribution is -2.57. The van der Waals surface area contributed by atoms with E-state index in [-0.39, 0.29) is 0 Å². The summed E-state index contributed by atoms with van der Waals surface area (Å²) >= 11 is 23.1. The van der Waals surface area contributed by atoms with E-state index in [4.69, 9.17) is 51.1 Å². The number of hydrogen-bond donors (Lipinski definition) is 0. The predicted molar refractivity (Wildman–Crippen MR) is 51.7 cm³/mol. The number of Topliss-reactive ketones (excluding diaryl/α,β-unsaturated/α-hetero) is 1. The second-order valence-electron chi connectivity index (χ2n) is 2.94. The van der Waals surface area contributed by atoms with Crippen LogP contribution < -0.4 is 0 Å². The number of hydrogen-bond acceptors (Lipinski definition) is 2. The van der Waals surface area contributed by atoms with E-state index in [1.165, 1.54) is 0 Å². The van der Waals surface area contributed by atoms with Gasteiger partial charge in [-0.1, -0.05) is 58.6 Å². The second-order valence-corrected chi connectivity index (χ2v) is 5.71. The lowest BCUT2D eigenvalue weighted by Gasteiger charge is -2.37. The number of carbonyl (C=O) groups excluding carboxylic acids is 1. The summed E-state index contributed by atoms with van der Waals surface area (Å²) in [6.45, 7) is 0. The van der Waals surface area contributed by atoms with Crippen LogP contribution in [0.4, 0.5) is 0 Å². The van der Waals surface area contributed by atoms with E-state index < -0.39 is 26.7 Å². The summed E-state index contributed by atoms with van der Waals surface area (Å²) in [6, 6.07) is 0. The highest BCUT2D eigenvalue weighted by molar-refractivity contribution is 6.69. The number of ether oxygens (including phenoxy) is 1. The van der Waals surface area contributed by atoms with E-state index in [9.17, 15) is 4.79 Å². The Balaban J connectivity index is 2.47. The quantitative estimate of drug-likeness (QED) is 0.494. The molecule has 2 heterocycles. The number of ketones is 1. The Morgan fingerprint density at radius 2 is 1.46 bits per heavy atom. The van der Waals surface area contributed by atoms with Gasteiger partial charge < -0.3 is 4.74 Å². The Morgan fingerprint density at radius 1 is 1.08 bits per heavy atom. The minimum absolute atomic E-state index is 0.627. The van der Waals surface area contributed by atoms with Crippen LogP contribution in [-0.4, -0.2) is 26.7 Å².